The van der Waals surface area contributed by atoms with Gasteiger partial charge in [-0.05, 0) is 101 Å². The number of phenols is 1. The Labute approximate surface area is 280 Å². The first kappa shape index (κ1) is 31.4. The highest BCUT2D eigenvalue weighted by atomic mass is 16.6. The van der Waals surface area contributed by atoms with Crippen molar-refractivity contribution < 1.29 is 33.6 Å². The molecule has 1 unspecified atom stereocenters. The Kier molecular flexibility index (Phi) is 7.50. The number of hydrogen-bond donors (Lipinski definition) is 1. The molecule has 7 rings (SSSR count). The minimum atomic E-state index is -1.24. The molecule has 3 aliphatic heterocycles. The van der Waals surface area contributed by atoms with Gasteiger partial charge >= 0.3 is 11.9 Å². The Hall–Kier alpha value is -5.24. The highest BCUT2D eigenvalue weighted by Crippen LogP contribution is 2.58. The third-order valence-electron chi connectivity index (χ3n) is 9.55. The van der Waals surface area contributed by atoms with E-state index >= 15 is 0 Å². The molecule has 1 spiro atoms. The van der Waals surface area contributed by atoms with Gasteiger partial charge in [0.05, 0.1) is 17.7 Å². The average molecular weight is 646 g/mol. The number of anilines is 1. The largest absolute Gasteiger partial charge is 0.507 e. The first-order chi connectivity index (χ1) is 22.9. The van der Waals surface area contributed by atoms with Crippen LogP contribution in [0.4, 0.5) is 5.69 Å². The Morgan fingerprint density at radius 1 is 0.875 bits per heavy atom. The monoisotopic (exact) mass is 645 g/mol. The lowest BCUT2D eigenvalue weighted by Gasteiger charge is -2.45. The molecular formula is C40H39NO7. The summed E-state index contributed by atoms with van der Waals surface area (Å²) >= 11 is 0. The summed E-state index contributed by atoms with van der Waals surface area (Å²) < 4.78 is 24.6. The molecule has 0 aromatic heterocycles. The zero-order valence-corrected chi connectivity index (χ0v) is 28.1. The number of nitrogens with zero attached hydrogens (tertiary/aromatic N) is 1. The lowest BCUT2D eigenvalue weighted by Crippen LogP contribution is -2.46. The number of allylic oxidation sites excluding steroid dienone is 1. The molecule has 0 saturated carbocycles. The van der Waals surface area contributed by atoms with Crippen molar-refractivity contribution in [3.8, 4) is 28.7 Å². The number of ether oxygens (including phenoxy) is 4. The third-order valence-corrected chi connectivity index (χ3v) is 9.55. The van der Waals surface area contributed by atoms with Crippen molar-refractivity contribution in [1.29, 1.82) is 0 Å². The van der Waals surface area contributed by atoms with E-state index < -0.39 is 11.6 Å². The van der Waals surface area contributed by atoms with Crippen LogP contribution in [0, 0.1) is 13.8 Å². The second-order valence-electron chi connectivity index (χ2n) is 13.3. The summed E-state index contributed by atoms with van der Waals surface area (Å²) in [5, 5.41) is 10.3. The molecule has 1 N–H and O–H groups in total. The van der Waals surface area contributed by atoms with Crippen LogP contribution in [-0.2, 0) is 19.9 Å². The van der Waals surface area contributed by atoms with Crippen molar-refractivity contribution in [3.05, 3.63) is 112 Å². The van der Waals surface area contributed by atoms with Gasteiger partial charge in [0.25, 0.3) is 0 Å². The molecule has 0 bridgehead atoms. The smallest absolute Gasteiger partial charge is 0.340 e. The molecule has 0 saturated heterocycles. The molecule has 48 heavy (non-hydrogen) atoms. The van der Waals surface area contributed by atoms with E-state index in [0.29, 0.717) is 71.2 Å². The predicted molar refractivity (Wildman–Crippen MR) is 183 cm³/mol. The molecule has 0 radical (unpaired) electrons. The van der Waals surface area contributed by atoms with Crippen molar-refractivity contribution in [3.63, 3.8) is 0 Å². The molecular weight excluding hydrogens is 606 g/mol. The van der Waals surface area contributed by atoms with Crippen LogP contribution in [0.2, 0.25) is 0 Å². The van der Waals surface area contributed by atoms with Crippen LogP contribution in [0.1, 0.15) is 84.3 Å². The molecule has 246 valence electrons. The fourth-order valence-corrected chi connectivity index (χ4v) is 7.42. The summed E-state index contributed by atoms with van der Waals surface area (Å²) in [6, 6.07) is 20.8. The van der Waals surface area contributed by atoms with E-state index in [2.05, 4.69) is 37.8 Å². The topological polar surface area (TPSA) is 94.5 Å². The van der Waals surface area contributed by atoms with E-state index in [4.69, 9.17) is 18.9 Å². The van der Waals surface area contributed by atoms with E-state index in [-0.39, 0.29) is 17.3 Å². The molecule has 4 aromatic carbocycles. The predicted octanol–water partition coefficient (Wildman–Crippen LogP) is 8.71. The van der Waals surface area contributed by atoms with Gasteiger partial charge in [-0.2, -0.15) is 0 Å². The van der Waals surface area contributed by atoms with Crippen molar-refractivity contribution >= 4 is 23.2 Å². The van der Waals surface area contributed by atoms with Gasteiger partial charge < -0.3 is 29.0 Å². The summed E-state index contributed by atoms with van der Waals surface area (Å²) in [5.41, 5.74) is 5.64. The van der Waals surface area contributed by atoms with Gasteiger partial charge in [0.15, 0.2) is 5.60 Å². The molecule has 0 aliphatic carbocycles. The number of aromatic hydroxyl groups is 1. The van der Waals surface area contributed by atoms with Gasteiger partial charge in [0.2, 0.25) is 0 Å². The van der Waals surface area contributed by atoms with E-state index in [1.54, 1.807) is 18.2 Å². The van der Waals surface area contributed by atoms with Gasteiger partial charge in [-0.25, -0.2) is 4.79 Å². The van der Waals surface area contributed by atoms with E-state index in [1.807, 2.05) is 63.2 Å². The number of fused-ring (bicyclic) bond motifs is 7. The van der Waals surface area contributed by atoms with E-state index in [9.17, 15) is 14.7 Å². The van der Waals surface area contributed by atoms with Crippen LogP contribution in [-0.4, -0.2) is 35.7 Å². The molecule has 3 heterocycles. The number of phenolic OH excluding ortho intramolecular Hbond substituents is 1. The fourth-order valence-electron chi connectivity index (χ4n) is 7.42. The number of rotatable bonds is 7. The Balaban J connectivity index is 1.36. The van der Waals surface area contributed by atoms with Crippen LogP contribution in [0.25, 0.3) is 5.57 Å². The zero-order valence-electron chi connectivity index (χ0n) is 28.1. The van der Waals surface area contributed by atoms with Crippen molar-refractivity contribution in [2.24, 2.45) is 0 Å². The Morgan fingerprint density at radius 2 is 1.60 bits per heavy atom. The fraction of sp³-hybridized carbons (Fsp3) is 0.300. The number of carbonyl (C=O) groups excluding carboxylic acids is 2. The lowest BCUT2D eigenvalue weighted by molar-refractivity contribution is -0.143. The molecule has 3 aliphatic rings. The number of hydrogen-bond acceptors (Lipinski definition) is 8. The van der Waals surface area contributed by atoms with Crippen molar-refractivity contribution in [1.82, 2.24) is 0 Å². The van der Waals surface area contributed by atoms with E-state index in [0.717, 1.165) is 28.0 Å². The second-order valence-corrected chi connectivity index (χ2v) is 13.3. The second kappa shape index (κ2) is 11.5. The standard InChI is InChI=1S/C40H39NO7/c1-7-45-36(42)13-10-16-41-33-21-35-32(20-29(33)25(4)22-39(41,5)6)40(30-12-9-8-11-28(30)38(44)48-40)31-15-14-26(19-34(31)47-35)46-27-17-23(2)37(43)24(3)18-27/h8-9,11-12,14-15,17-22,43H,7,10,13,16H2,1-6H3. The van der Waals surface area contributed by atoms with Gasteiger partial charge in [-0.15, -0.1) is 0 Å². The van der Waals surface area contributed by atoms with E-state index in [1.165, 1.54) is 0 Å². The van der Waals surface area contributed by atoms with Crippen LogP contribution in [0.3, 0.4) is 0 Å². The van der Waals surface area contributed by atoms with Crippen LogP contribution < -0.4 is 14.4 Å². The van der Waals surface area contributed by atoms with Crippen molar-refractivity contribution in [2.45, 2.75) is 65.5 Å². The number of esters is 2. The minimum Gasteiger partial charge on any atom is -0.507 e. The lowest BCUT2D eigenvalue weighted by atomic mass is 9.76. The summed E-state index contributed by atoms with van der Waals surface area (Å²) in [5.74, 6) is 1.84. The molecule has 1 atom stereocenters. The van der Waals surface area contributed by atoms with Gasteiger partial charge in [0.1, 0.15) is 28.7 Å². The average Bonchev–Trinajstić information content (AvgIpc) is 3.33. The Morgan fingerprint density at radius 3 is 2.35 bits per heavy atom. The Bertz CT molecular complexity index is 2000. The minimum absolute atomic E-state index is 0.205. The van der Waals surface area contributed by atoms with Gasteiger partial charge in [0, 0.05) is 53.0 Å². The maximum atomic E-state index is 13.5. The molecule has 0 fully saturated rings. The number of benzene rings is 4. The molecule has 8 heteroatoms. The SMILES string of the molecule is CCOC(=O)CCCN1c2cc3c(cc2C(C)=CC1(C)C)C1(OC(=O)c2ccccc21)c1ccc(Oc2cc(C)c(O)c(C)c2)cc1O3. The first-order valence-electron chi connectivity index (χ1n) is 16.4. The van der Waals surface area contributed by atoms with Crippen molar-refractivity contribution in [2.75, 3.05) is 18.1 Å². The molecule has 0 amide bonds. The van der Waals surface area contributed by atoms with Gasteiger partial charge in [-0.1, -0.05) is 24.3 Å². The summed E-state index contributed by atoms with van der Waals surface area (Å²) in [6.45, 7) is 12.9. The maximum Gasteiger partial charge on any atom is 0.340 e. The number of aryl methyl sites for hydroxylation is 2. The first-order valence-corrected chi connectivity index (χ1v) is 16.4. The van der Waals surface area contributed by atoms with Crippen LogP contribution >= 0.6 is 0 Å². The summed E-state index contributed by atoms with van der Waals surface area (Å²) in [6.07, 6.45) is 3.19. The highest BCUT2D eigenvalue weighted by molar-refractivity contribution is 5.97. The van der Waals surface area contributed by atoms with Gasteiger partial charge in [-0.3, -0.25) is 4.79 Å². The maximum absolute atomic E-state index is 13.5. The summed E-state index contributed by atoms with van der Waals surface area (Å²) in [4.78, 5) is 28.0. The summed E-state index contributed by atoms with van der Waals surface area (Å²) in [7, 11) is 0. The number of carbonyl (C=O) groups is 2. The quantitative estimate of drug-likeness (QED) is 0.200. The highest BCUT2D eigenvalue weighted by Gasteiger charge is 2.54. The third kappa shape index (κ3) is 4.98. The van der Waals surface area contributed by atoms with Crippen LogP contribution in [0.5, 0.6) is 28.7 Å². The molecule has 8 nitrogen and oxygen atoms in total. The normalized spacial score (nSPS) is 18.2. The van der Waals surface area contributed by atoms with Crippen LogP contribution in [0.15, 0.2) is 72.8 Å². The molecule has 4 aromatic rings. The zero-order chi connectivity index (χ0) is 34.0.